The average Bonchev–Trinajstić information content (AvgIpc) is 3.50. The van der Waals surface area contributed by atoms with E-state index in [1.165, 1.54) is 44.4 Å². The van der Waals surface area contributed by atoms with E-state index in [2.05, 4.69) is 10.3 Å². The highest BCUT2D eigenvalue weighted by molar-refractivity contribution is 5.97. The number of nitrogens with zero attached hydrogens (tertiary/aromatic N) is 1. The van der Waals surface area contributed by atoms with Crippen LogP contribution in [-0.2, 0) is 6.54 Å². The first kappa shape index (κ1) is 20.7. The first-order chi connectivity index (χ1) is 15.1. The lowest BCUT2D eigenvalue weighted by Gasteiger charge is -2.11. The predicted molar refractivity (Wildman–Crippen MR) is 111 cm³/mol. The molecule has 162 valence electrons. The minimum Gasteiger partial charge on any atom is -0.496 e. The SMILES string of the molecule is COc1ccc(-c2nc(CNC(=O)c3c(F)cccc3OC)co2)cc1OCC1CC1. The molecule has 7 nitrogen and oxygen atoms in total. The first-order valence-electron chi connectivity index (χ1n) is 9.95. The van der Waals surface area contributed by atoms with Crippen molar-refractivity contribution in [3.05, 3.63) is 59.7 Å². The normalized spacial score (nSPS) is 13.0. The highest BCUT2D eigenvalue weighted by Crippen LogP contribution is 2.35. The molecule has 4 rings (SSSR count). The fraction of sp³-hybridized carbons (Fsp3) is 0.304. The summed E-state index contributed by atoms with van der Waals surface area (Å²) in [6.45, 7) is 0.725. The lowest BCUT2D eigenvalue weighted by molar-refractivity contribution is 0.0943. The van der Waals surface area contributed by atoms with Crippen molar-refractivity contribution in [3.8, 4) is 28.7 Å². The Hall–Kier alpha value is -3.55. The Morgan fingerprint density at radius 2 is 1.97 bits per heavy atom. The molecule has 1 saturated carbocycles. The van der Waals surface area contributed by atoms with Gasteiger partial charge in [0.1, 0.15) is 23.4 Å². The molecule has 8 heteroatoms. The van der Waals surface area contributed by atoms with E-state index < -0.39 is 11.7 Å². The Morgan fingerprint density at radius 1 is 1.16 bits per heavy atom. The number of amides is 1. The summed E-state index contributed by atoms with van der Waals surface area (Å²) in [7, 11) is 2.97. The number of halogens is 1. The molecule has 0 unspecified atom stereocenters. The number of carbonyl (C=O) groups is 1. The van der Waals surface area contributed by atoms with E-state index in [-0.39, 0.29) is 17.9 Å². The molecule has 0 spiro atoms. The Balaban J connectivity index is 1.45. The predicted octanol–water partition coefficient (Wildman–Crippen LogP) is 4.22. The summed E-state index contributed by atoms with van der Waals surface area (Å²) in [4.78, 5) is 16.8. The number of aromatic nitrogens is 1. The van der Waals surface area contributed by atoms with E-state index in [0.717, 1.165) is 5.56 Å². The summed E-state index contributed by atoms with van der Waals surface area (Å²) in [6, 6.07) is 9.65. The molecular weight excluding hydrogens is 403 g/mol. The van der Waals surface area contributed by atoms with Gasteiger partial charge in [0, 0.05) is 5.56 Å². The molecule has 1 aliphatic rings. The van der Waals surface area contributed by atoms with E-state index >= 15 is 0 Å². The fourth-order valence-electron chi connectivity index (χ4n) is 3.09. The van der Waals surface area contributed by atoms with Crippen molar-refractivity contribution < 1.29 is 27.8 Å². The molecule has 0 bridgehead atoms. The van der Waals surface area contributed by atoms with Gasteiger partial charge in [-0.1, -0.05) is 6.07 Å². The Bertz CT molecular complexity index is 1080. The summed E-state index contributed by atoms with van der Waals surface area (Å²) in [5, 5.41) is 2.64. The van der Waals surface area contributed by atoms with Gasteiger partial charge in [-0.3, -0.25) is 4.79 Å². The number of hydrogen-bond acceptors (Lipinski definition) is 6. The van der Waals surface area contributed by atoms with Crippen molar-refractivity contribution in [1.82, 2.24) is 10.3 Å². The van der Waals surface area contributed by atoms with Gasteiger partial charge in [-0.05, 0) is 49.1 Å². The van der Waals surface area contributed by atoms with E-state index in [1.54, 1.807) is 13.2 Å². The second kappa shape index (κ2) is 9.07. The average molecular weight is 426 g/mol. The number of hydrogen-bond donors (Lipinski definition) is 1. The van der Waals surface area contributed by atoms with Crippen LogP contribution in [0.4, 0.5) is 4.39 Å². The Labute approximate surface area is 179 Å². The highest BCUT2D eigenvalue weighted by atomic mass is 19.1. The van der Waals surface area contributed by atoms with Crippen LogP contribution in [-0.4, -0.2) is 31.7 Å². The van der Waals surface area contributed by atoms with Crippen LogP contribution in [0.2, 0.25) is 0 Å². The van der Waals surface area contributed by atoms with Crippen LogP contribution in [0.3, 0.4) is 0 Å². The number of benzene rings is 2. The molecule has 1 N–H and O–H groups in total. The van der Waals surface area contributed by atoms with Crippen LogP contribution in [0, 0.1) is 11.7 Å². The molecule has 1 amide bonds. The van der Waals surface area contributed by atoms with Crippen LogP contribution in [0.15, 0.2) is 47.1 Å². The van der Waals surface area contributed by atoms with Gasteiger partial charge < -0.3 is 23.9 Å². The number of methoxy groups -OCH3 is 2. The van der Waals surface area contributed by atoms with Crippen LogP contribution in [0.1, 0.15) is 28.9 Å². The lowest BCUT2D eigenvalue weighted by atomic mass is 10.1. The quantitative estimate of drug-likeness (QED) is 0.552. The molecular formula is C23H23FN2O5. The third kappa shape index (κ3) is 4.79. The summed E-state index contributed by atoms with van der Waals surface area (Å²) < 4.78 is 35.9. The molecule has 0 radical (unpaired) electrons. The highest BCUT2D eigenvalue weighted by Gasteiger charge is 2.23. The maximum Gasteiger partial charge on any atom is 0.258 e. The van der Waals surface area contributed by atoms with Gasteiger partial charge in [0.15, 0.2) is 11.5 Å². The van der Waals surface area contributed by atoms with Gasteiger partial charge in [-0.2, -0.15) is 0 Å². The molecule has 2 aromatic carbocycles. The maximum atomic E-state index is 14.1. The van der Waals surface area contributed by atoms with Crippen molar-refractivity contribution in [2.45, 2.75) is 19.4 Å². The topological polar surface area (TPSA) is 82.8 Å². The van der Waals surface area contributed by atoms with Crippen LogP contribution < -0.4 is 19.5 Å². The molecule has 1 aliphatic carbocycles. The van der Waals surface area contributed by atoms with E-state index in [4.69, 9.17) is 18.6 Å². The minimum atomic E-state index is -0.658. The monoisotopic (exact) mass is 426 g/mol. The minimum absolute atomic E-state index is 0.0705. The largest absolute Gasteiger partial charge is 0.496 e. The molecule has 0 atom stereocenters. The summed E-state index contributed by atoms with van der Waals surface area (Å²) in [5.41, 5.74) is 1.07. The standard InChI is InChI=1S/C23H23FN2O5/c1-28-18-9-8-15(10-20(18)30-12-14-6-7-14)23-26-16(13-31-23)11-25-22(27)21-17(24)4-3-5-19(21)29-2/h3-5,8-10,13-14H,6-7,11-12H2,1-2H3,(H,25,27). The Morgan fingerprint density at radius 3 is 2.71 bits per heavy atom. The van der Waals surface area contributed by atoms with Gasteiger partial charge in [0.05, 0.1) is 33.1 Å². The molecule has 1 heterocycles. The van der Waals surface area contributed by atoms with Gasteiger partial charge in [-0.15, -0.1) is 0 Å². The summed E-state index contributed by atoms with van der Waals surface area (Å²) in [5.74, 6) is 1.17. The van der Waals surface area contributed by atoms with Crippen LogP contribution in [0.5, 0.6) is 17.2 Å². The van der Waals surface area contributed by atoms with Crippen molar-refractivity contribution in [3.63, 3.8) is 0 Å². The van der Waals surface area contributed by atoms with E-state index in [1.807, 2.05) is 12.1 Å². The summed E-state index contributed by atoms with van der Waals surface area (Å²) >= 11 is 0. The number of rotatable bonds is 9. The van der Waals surface area contributed by atoms with Crippen molar-refractivity contribution in [1.29, 1.82) is 0 Å². The second-order valence-corrected chi connectivity index (χ2v) is 7.26. The van der Waals surface area contributed by atoms with Crippen molar-refractivity contribution >= 4 is 5.91 Å². The number of carbonyl (C=O) groups excluding carboxylic acids is 1. The number of ether oxygens (including phenoxy) is 3. The Kier molecular flexibility index (Phi) is 6.06. The molecule has 1 fully saturated rings. The van der Waals surface area contributed by atoms with Crippen molar-refractivity contribution in [2.24, 2.45) is 5.92 Å². The van der Waals surface area contributed by atoms with Gasteiger partial charge in [0.2, 0.25) is 5.89 Å². The fourth-order valence-corrected chi connectivity index (χ4v) is 3.09. The van der Waals surface area contributed by atoms with Crippen molar-refractivity contribution in [2.75, 3.05) is 20.8 Å². The zero-order valence-electron chi connectivity index (χ0n) is 17.3. The zero-order valence-corrected chi connectivity index (χ0v) is 17.3. The maximum absolute atomic E-state index is 14.1. The van der Waals surface area contributed by atoms with Gasteiger partial charge >= 0.3 is 0 Å². The van der Waals surface area contributed by atoms with Crippen LogP contribution >= 0.6 is 0 Å². The molecule has 1 aromatic heterocycles. The zero-order chi connectivity index (χ0) is 21.8. The third-order valence-electron chi connectivity index (χ3n) is 4.99. The molecule has 0 aliphatic heterocycles. The lowest BCUT2D eigenvalue weighted by Crippen LogP contribution is -2.24. The molecule has 3 aromatic rings. The second-order valence-electron chi connectivity index (χ2n) is 7.26. The van der Waals surface area contributed by atoms with Gasteiger partial charge in [-0.25, -0.2) is 9.37 Å². The first-order valence-corrected chi connectivity index (χ1v) is 9.95. The smallest absolute Gasteiger partial charge is 0.258 e. The number of oxazole rings is 1. The van der Waals surface area contributed by atoms with Crippen LogP contribution in [0.25, 0.3) is 11.5 Å². The molecule has 31 heavy (non-hydrogen) atoms. The van der Waals surface area contributed by atoms with E-state index in [0.29, 0.717) is 35.6 Å². The third-order valence-corrected chi connectivity index (χ3v) is 4.99. The molecule has 0 saturated heterocycles. The van der Waals surface area contributed by atoms with E-state index in [9.17, 15) is 9.18 Å². The summed E-state index contributed by atoms with van der Waals surface area (Å²) in [6.07, 6.45) is 3.83. The van der Waals surface area contributed by atoms with Gasteiger partial charge in [0.25, 0.3) is 5.91 Å². The number of nitrogens with one attached hydrogen (secondary N) is 1.